The second-order valence-corrected chi connectivity index (χ2v) is 13.1. The number of carboxylic acids is 2. The molecule has 16 heteroatoms. The minimum Gasteiger partial charge on any atom is -0.485 e. The van der Waals surface area contributed by atoms with Crippen LogP contribution in [-0.2, 0) is 25.8 Å². The number of alkyl halides is 2. The van der Waals surface area contributed by atoms with Gasteiger partial charge in [-0.05, 0) is 48.0 Å². The highest BCUT2D eigenvalue weighted by molar-refractivity contribution is 6.27. The van der Waals surface area contributed by atoms with Crippen LogP contribution in [0.1, 0.15) is 5.69 Å². The van der Waals surface area contributed by atoms with E-state index >= 15 is 0 Å². The van der Waals surface area contributed by atoms with Gasteiger partial charge >= 0.3 is 11.9 Å². The molecule has 0 spiro atoms. The number of amides is 2. The number of aromatic nitrogens is 1. The van der Waals surface area contributed by atoms with E-state index in [9.17, 15) is 29.4 Å². The van der Waals surface area contributed by atoms with Crippen LogP contribution in [0.5, 0.6) is 5.75 Å². The van der Waals surface area contributed by atoms with Gasteiger partial charge in [-0.25, -0.2) is 4.58 Å². The van der Waals surface area contributed by atoms with Crippen LogP contribution in [-0.4, -0.2) is 104 Å². The quantitative estimate of drug-likeness (QED) is 0.0578. The number of nitrogens with one attached hydrogen (secondary N) is 2. The molecule has 0 radical (unpaired) electrons. The summed E-state index contributed by atoms with van der Waals surface area (Å²) in [7, 11) is 3.80. The number of anilines is 2. The first kappa shape index (κ1) is 40.3. The first-order valence-corrected chi connectivity index (χ1v) is 18.3. The van der Waals surface area contributed by atoms with Crippen molar-refractivity contribution in [2.45, 2.75) is 6.61 Å². The third-order valence-electron chi connectivity index (χ3n) is 8.70. The second-order valence-electron chi connectivity index (χ2n) is 12.6. The zero-order chi connectivity index (χ0) is 39.5. The minimum absolute atomic E-state index is 0.0407. The largest absolute Gasteiger partial charge is 0.485 e. The number of benzene rings is 3. The van der Waals surface area contributed by atoms with Crippen molar-refractivity contribution < 1.29 is 38.5 Å². The highest BCUT2D eigenvalue weighted by atomic mass is 35.5. The lowest BCUT2D eigenvalue weighted by Gasteiger charge is -2.25. The number of halogens is 2. The molecule has 1 aliphatic carbocycles. The molecule has 5 rings (SSSR count). The van der Waals surface area contributed by atoms with Gasteiger partial charge in [0.2, 0.25) is 17.2 Å². The topological polar surface area (TPSA) is 178 Å². The van der Waals surface area contributed by atoms with Crippen LogP contribution in [0.4, 0.5) is 11.4 Å². The predicted octanol–water partition coefficient (Wildman–Crippen LogP) is 3.70. The van der Waals surface area contributed by atoms with Gasteiger partial charge < -0.3 is 39.8 Å². The van der Waals surface area contributed by atoms with Crippen LogP contribution >= 0.6 is 23.2 Å². The Hall–Kier alpha value is -5.86. The highest BCUT2D eigenvalue weighted by Crippen LogP contribution is 2.43. The molecule has 0 unspecified atom stereocenters. The zero-order valence-corrected chi connectivity index (χ0v) is 31.8. The number of likely N-dealkylation sites (N-methyl/N-ethyl adjacent to an activating group) is 2. The third kappa shape index (κ3) is 10.6. The molecule has 55 heavy (non-hydrogen) atoms. The first-order valence-electron chi connectivity index (χ1n) is 17.2. The smallest absolute Gasteiger partial charge is 0.323 e. The van der Waals surface area contributed by atoms with Crippen LogP contribution in [0.25, 0.3) is 33.4 Å². The molecule has 4 N–H and O–H groups in total. The van der Waals surface area contributed by atoms with Gasteiger partial charge in [-0.3, -0.25) is 24.2 Å². The summed E-state index contributed by atoms with van der Waals surface area (Å²) >= 11 is 11.3. The molecule has 14 nitrogen and oxygen atoms in total. The monoisotopic (exact) mass is 791 g/mol. The zero-order valence-electron chi connectivity index (χ0n) is 30.3. The van der Waals surface area contributed by atoms with E-state index in [0.717, 1.165) is 27.6 Å². The van der Waals surface area contributed by atoms with Crippen LogP contribution < -0.4 is 35.1 Å². The standard InChI is InChI=1S/C39H40Cl2N6O8/c1-45(15-13-43-35(48)20-40)27-7-9-29-32(18-27)55-33-19-28(46(2)16-14-44-36(49)21-41)8-10-30(33)39(29)25-6-11-31(47(22-37(50)51)23-38(52)53)34(17-25)54-24-26-5-3-4-12-42-26/h3-12,17-19H,13-16,20-24H2,1-2H3,(H3-,43,44,48,49,50,51,52,53)/p+1. The normalized spacial score (nSPS) is 11.6. The Kier molecular flexibility index (Phi) is 13.9. The number of pyridine rings is 1. The third-order valence-corrected chi connectivity index (χ3v) is 9.18. The van der Waals surface area contributed by atoms with E-state index in [1.807, 2.05) is 66.0 Å². The maximum absolute atomic E-state index is 11.8. The highest BCUT2D eigenvalue weighted by Gasteiger charge is 2.23. The maximum atomic E-state index is 11.8. The molecular weight excluding hydrogens is 751 g/mol. The molecular formula is C39H41Cl2N6O8+. The van der Waals surface area contributed by atoms with Gasteiger partial charge in [0.15, 0.2) is 6.54 Å². The molecule has 2 aliphatic rings. The number of carbonyl (C=O) groups excluding carboxylic acids is 2. The number of carbonyl (C=O) groups is 4. The van der Waals surface area contributed by atoms with Gasteiger partial charge in [-0.1, -0.05) is 12.1 Å². The number of rotatable bonds is 18. The molecule has 0 saturated heterocycles. The molecule has 1 aromatic heterocycles. The average Bonchev–Trinajstić information content (AvgIpc) is 3.18. The van der Waals surface area contributed by atoms with E-state index in [4.69, 9.17) is 32.4 Å². The first-order chi connectivity index (χ1) is 26.5. The van der Waals surface area contributed by atoms with Crippen LogP contribution in [0.3, 0.4) is 0 Å². The summed E-state index contributed by atoms with van der Waals surface area (Å²) < 4.78 is 14.8. The molecule has 288 valence electrons. The lowest BCUT2D eigenvalue weighted by molar-refractivity contribution is -0.136. The summed E-state index contributed by atoms with van der Waals surface area (Å²) in [5, 5.41) is 26.5. The van der Waals surface area contributed by atoms with Gasteiger partial charge in [-0.2, -0.15) is 0 Å². The molecule has 0 atom stereocenters. The lowest BCUT2D eigenvalue weighted by atomic mass is 9.93. The number of nitrogens with zero attached hydrogens (tertiary/aromatic N) is 4. The van der Waals surface area contributed by atoms with Crippen molar-refractivity contribution >= 4 is 69.3 Å². The fraction of sp³-hybridized carbons (Fsp3) is 0.282. The number of fused-ring (bicyclic) bond motifs is 2. The Morgan fingerprint density at radius 2 is 1.62 bits per heavy atom. The SMILES string of the molecule is CN(CCNC(=O)CCl)c1ccc2c(-c3ccc(N(CC(=O)O)CC(=O)O)c(OCc4ccccn4)c3)c3ccc(=[N+](C)CCNC(=O)CCl)cc-3oc2c1. The Balaban J connectivity index is 1.67. The lowest BCUT2D eigenvalue weighted by Crippen LogP contribution is -2.35. The summed E-state index contributed by atoms with van der Waals surface area (Å²) in [6.07, 6.45) is 1.63. The van der Waals surface area contributed by atoms with Crippen molar-refractivity contribution in [2.24, 2.45) is 0 Å². The molecule has 2 aromatic carbocycles. The van der Waals surface area contributed by atoms with Gasteiger partial charge in [0, 0.05) is 60.7 Å². The summed E-state index contributed by atoms with van der Waals surface area (Å²) in [6.45, 7) is 0.680. The summed E-state index contributed by atoms with van der Waals surface area (Å²) in [5.41, 5.74) is 4.55. The number of carboxylic acid groups (broad SMARTS) is 2. The molecule has 0 bridgehead atoms. The maximum Gasteiger partial charge on any atom is 0.323 e. The van der Waals surface area contributed by atoms with Crippen molar-refractivity contribution in [1.82, 2.24) is 20.2 Å². The number of hydrogen-bond donors (Lipinski definition) is 4. The van der Waals surface area contributed by atoms with E-state index in [2.05, 4.69) is 15.6 Å². The van der Waals surface area contributed by atoms with Crippen LogP contribution in [0, 0.1) is 0 Å². The number of aliphatic carboxylic acids is 2. The fourth-order valence-electron chi connectivity index (χ4n) is 5.97. The molecule has 0 saturated carbocycles. The van der Waals surface area contributed by atoms with E-state index in [-0.39, 0.29) is 41.6 Å². The van der Waals surface area contributed by atoms with Gasteiger partial charge in [0.25, 0.3) is 0 Å². The van der Waals surface area contributed by atoms with Gasteiger partial charge in [0.1, 0.15) is 55.6 Å². The van der Waals surface area contributed by atoms with Crippen molar-refractivity contribution in [3.63, 3.8) is 0 Å². The molecule has 0 fully saturated rings. The minimum atomic E-state index is -1.20. The molecule has 3 aromatic rings. The van der Waals surface area contributed by atoms with Gasteiger partial charge in [0.05, 0.1) is 24.0 Å². The Morgan fingerprint density at radius 1 is 0.891 bits per heavy atom. The van der Waals surface area contributed by atoms with Crippen molar-refractivity contribution in [1.29, 1.82) is 0 Å². The summed E-state index contributed by atoms with van der Waals surface area (Å²) in [4.78, 5) is 54.6. The van der Waals surface area contributed by atoms with Crippen molar-refractivity contribution in [3.05, 3.63) is 90.0 Å². The van der Waals surface area contributed by atoms with E-state index in [1.165, 1.54) is 4.90 Å². The Morgan fingerprint density at radius 3 is 2.29 bits per heavy atom. The predicted molar refractivity (Wildman–Crippen MR) is 211 cm³/mol. The molecule has 2 heterocycles. The Labute approximate surface area is 326 Å². The summed E-state index contributed by atoms with van der Waals surface area (Å²) in [5.74, 6) is -2.35. The van der Waals surface area contributed by atoms with Crippen LogP contribution in [0.2, 0.25) is 0 Å². The van der Waals surface area contributed by atoms with E-state index in [1.54, 1.807) is 36.5 Å². The number of ether oxygens (including phenoxy) is 1. The van der Waals surface area contributed by atoms with Crippen molar-refractivity contribution in [3.8, 4) is 28.2 Å². The van der Waals surface area contributed by atoms with E-state index in [0.29, 0.717) is 48.8 Å². The molecule has 2 amide bonds. The summed E-state index contributed by atoms with van der Waals surface area (Å²) in [6, 6.07) is 22.2. The number of hydrogen-bond acceptors (Lipinski definition) is 9. The average molecular weight is 793 g/mol. The van der Waals surface area contributed by atoms with Crippen LogP contribution in [0.15, 0.2) is 83.4 Å². The van der Waals surface area contributed by atoms with Crippen molar-refractivity contribution in [2.75, 3.05) is 74.9 Å². The van der Waals surface area contributed by atoms with Gasteiger partial charge in [-0.15, -0.1) is 23.2 Å². The Bertz CT molecular complexity index is 2200. The second kappa shape index (κ2) is 18.9. The van der Waals surface area contributed by atoms with E-state index < -0.39 is 25.0 Å². The molecule has 1 aliphatic heterocycles. The fourth-order valence-corrected chi connectivity index (χ4v) is 6.16.